The molecule has 4 heteroatoms. The standard InChI is InChI=1S/C13H27N3O/c1-15-9-10-16(2)12(17)13(11-14)7-5-3-4-6-8-13/h15H,3-11,14H2,1-2H3. The molecule has 0 radical (unpaired) electrons. The molecular weight excluding hydrogens is 214 g/mol. The third-order valence-electron chi connectivity index (χ3n) is 3.95. The average molecular weight is 241 g/mol. The Bertz CT molecular complexity index is 235. The van der Waals surface area contributed by atoms with Crippen LogP contribution in [0.4, 0.5) is 0 Å². The second-order valence-electron chi connectivity index (χ2n) is 5.23. The smallest absolute Gasteiger partial charge is 0.229 e. The molecule has 0 heterocycles. The number of carbonyl (C=O) groups excluding carboxylic acids is 1. The molecule has 0 aromatic heterocycles. The molecule has 0 atom stereocenters. The van der Waals surface area contributed by atoms with Crippen LogP contribution in [-0.4, -0.2) is 44.5 Å². The van der Waals surface area contributed by atoms with E-state index in [0.717, 1.165) is 38.8 Å². The van der Waals surface area contributed by atoms with Crippen LogP contribution in [0, 0.1) is 5.41 Å². The SMILES string of the molecule is CNCCN(C)C(=O)C1(CN)CCCCCC1. The van der Waals surface area contributed by atoms with Crippen LogP contribution in [0.3, 0.4) is 0 Å². The van der Waals surface area contributed by atoms with Crippen molar-refractivity contribution in [2.75, 3.05) is 33.7 Å². The van der Waals surface area contributed by atoms with Crippen LogP contribution in [0.15, 0.2) is 0 Å². The summed E-state index contributed by atoms with van der Waals surface area (Å²) in [6.07, 6.45) is 6.70. The number of hydrogen-bond acceptors (Lipinski definition) is 3. The molecule has 0 saturated heterocycles. The number of hydrogen-bond donors (Lipinski definition) is 2. The lowest BCUT2D eigenvalue weighted by Crippen LogP contribution is -2.47. The second-order valence-corrected chi connectivity index (χ2v) is 5.23. The van der Waals surface area contributed by atoms with Crippen molar-refractivity contribution in [3.05, 3.63) is 0 Å². The zero-order valence-electron chi connectivity index (χ0n) is 11.3. The highest BCUT2D eigenvalue weighted by Crippen LogP contribution is 2.35. The van der Waals surface area contributed by atoms with Crippen molar-refractivity contribution in [1.29, 1.82) is 0 Å². The molecule has 1 fully saturated rings. The Morgan fingerprint density at radius 2 is 1.88 bits per heavy atom. The summed E-state index contributed by atoms with van der Waals surface area (Å²) in [5.74, 6) is 0.247. The van der Waals surface area contributed by atoms with E-state index < -0.39 is 0 Å². The van der Waals surface area contributed by atoms with Gasteiger partial charge >= 0.3 is 0 Å². The van der Waals surface area contributed by atoms with Crippen LogP contribution in [0.1, 0.15) is 38.5 Å². The fraction of sp³-hybridized carbons (Fsp3) is 0.923. The minimum Gasteiger partial charge on any atom is -0.344 e. The summed E-state index contributed by atoms with van der Waals surface area (Å²) in [5.41, 5.74) is 5.63. The molecule has 0 unspecified atom stereocenters. The van der Waals surface area contributed by atoms with Crippen LogP contribution >= 0.6 is 0 Å². The van der Waals surface area contributed by atoms with Crippen LogP contribution < -0.4 is 11.1 Å². The quantitative estimate of drug-likeness (QED) is 0.705. The van der Waals surface area contributed by atoms with E-state index in [0.29, 0.717) is 6.54 Å². The van der Waals surface area contributed by atoms with E-state index in [9.17, 15) is 4.79 Å². The van der Waals surface area contributed by atoms with Crippen molar-refractivity contribution in [3.63, 3.8) is 0 Å². The summed E-state index contributed by atoms with van der Waals surface area (Å²) in [6, 6.07) is 0. The third-order valence-corrected chi connectivity index (χ3v) is 3.95. The molecule has 1 saturated carbocycles. The largest absolute Gasteiger partial charge is 0.344 e. The molecule has 0 aromatic carbocycles. The fourth-order valence-corrected chi connectivity index (χ4v) is 2.70. The van der Waals surface area contributed by atoms with Crippen LogP contribution in [0.5, 0.6) is 0 Å². The van der Waals surface area contributed by atoms with E-state index in [4.69, 9.17) is 5.73 Å². The van der Waals surface area contributed by atoms with Crippen molar-refractivity contribution < 1.29 is 4.79 Å². The first-order valence-corrected chi connectivity index (χ1v) is 6.76. The van der Waals surface area contributed by atoms with E-state index in [1.165, 1.54) is 12.8 Å². The molecule has 1 aliphatic carbocycles. The topological polar surface area (TPSA) is 58.4 Å². The van der Waals surface area contributed by atoms with Gasteiger partial charge in [-0.05, 0) is 19.9 Å². The Labute approximate surface area is 105 Å². The van der Waals surface area contributed by atoms with Gasteiger partial charge in [0.25, 0.3) is 0 Å². The van der Waals surface area contributed by atoms with Gasteiger partial charge in [-0.3, -0.25) is 4.79 Å². The van der Waals surface area contributed by atoms with Gasteiger partial charge in [0.05, 0.1) is 5.41 Å². The summed E-state index contributed by atoms with van der Waals surface area (Å²) in [7, 11) is 3.80. The number of nitrogens with zero attached hydrogens (tertiary/aromatic N) is 1. The molecular formula is C13H27N3O. The van der Waals surface area contributed by atoms with Gasteiger partial charge in [-0.1, -0.05) is 25.7 Å². The number of carbonyl (C=O) groups is 1. The van der Waals surface area contributed by atoms with Gasteiger partial charge in [0.15, 0.2) is 0 Å². The molecule has 1 rings (SSSR count). The van der Waals surface area contributed by atoms with Crippen molar-refractivity contribution in [1.82, 2.24) is 10.2 Å². The van der Waals surface area contributed by atoms with E-state index in [1.807, 2.05) is 19.0 Å². The highest BCUT2D eigenvalue weighted by atomic mass is 16.2. The number of nitrogens with one attached hydrogen (secondary N) is 1. The molecule has 0 spiro atoms. The van der Waals surface area contributed by atoms with Crippen molar-refractivity contribution in [3.8, 4) is 0 Å². The number of amides is 1. The van der Waals surface area contributed by atoms with Gasteiger partial charge in [0, 0.05) is 26.7 Å². The van der Waals surface area contributed by atoms with Gasteiger partial charge in [0.1, 0.15) is 0 Å². The van der Waals surface area contributed by atoms with Gasteiger partial charge in [-0.15, -0.1) is 0 Å². The normalized spacial score (nSPS) is 19.7. The zero-order chi connectivity index (χ0) is 12.7. The molecule has 0 aromatic rings. The fourth-order valence-electron chi connectivity index (χ4n) is 2.70. The Morgan fingerprint density at radius 1 is 1.29 bits per heavy atom. The van der Waals surface area contributed by atoms with E-state index in [1.54, 1.807) is 0 Å². The minimum atomic E-state index is -0.279. The van der Waals surface area contributed by atoms with Crippen LogP contribution in [0.25, 0.3) is 0 Å². The van der Waals surface area contributed by atoms with Gasteiger partial charge in [-0.2, -0.15) is 0 Å². The molecule has 1 amide bonds. The predicted molar refractivity (Wildman–Crippen MR) is 70.8 cm³/mol. The Kier molecular flexibility index (Phi) is 5.92. The highest BCUT2D eigenvalue weighted by molar-refractivity contribution is 5.82. The van der Waals surface area contributed by atoms with Gasteiger partial charge < -0.3 is 16.0 Å². The van der Waals surface area contributed by atoms with E-state index in [-0.39, 0.29) is 11.3 Å². The number of nitrogens with two attached hydrogens (primary N) is 1. The zero-order valence-corrected chi connectivity index (χ0v) is 11.3. The monoisotopic (exact) mass is 241 g/mol. The molecule has 4 nitrogen and oxygen atoms in total. The molecule has 100 valence electrons. The summed E-state index contributed by atoms with van der Waals surface area (Å²) >= 11 is 0. The Hall–Kier alpha value is -0.610. The summed E-state index contributed by atoms with van der Waals surface area (Å²) in [6.45, 7) is 2.09. The highest BCUT2D eigenvalue weighted by Gasteiger charge is 2.38. The third kappa shape index (κ3) is 3.68. The van der Waals surface area contributed by atoms with Crippen molar-refractivity contribution in [2.24, 2.45) is 11.1 Å². The maximum atomic E-state index is 12.5. The lowest BCUT2D eigenvalue weighted by Gasteiger charge is -2.34. The molecule has 0 aliphatic heterocycles. The average Bonchev–Trinajstić information content (AvgIpc) is 2.61. The lowest BCUT2D eigenvalue weighted by atomic mass is 9.79. The lowest BCUT2D eigenvalue weighted by molar-refractivity contribution is -0.141. The number of likely N-dealkylation sites (N-methyl/N-ethyl adjacent to an activating group) is 2. The summed E-state index contributed by atoms with van der Waals surface area (Å²) < 4.78 is 0. The molecule has 1 aliphatic rings. The summed E-state index contributed by atoms with van der Waals surface area (Å²) in [4.78, 5) is 14.4. The second kappa shape index (κ2) is 6.97. The molecule has 3 N–H and O–H groups in total. The van der Waals surface area contributed by atoms with Crippen molar-refractivity contribution >= 4 is 5.91 Å². The minimum absolute atomic E-state index is 0.247. The van der Waals surface area contributed by atoms with Gasteiger partial charge in [-0.25, -0.2) is 0 Å². The van der Waals surface area contributed by atoms with E-state index >= 15 is 0 Å². The van der Waals surface area contributed by atoms with E-state index in [2.05, 4.69) is 5.32 Å². The summed E-state index contributed by atoms with van der Waals surface area (Å²) in [5, 5.41) is 3.07. The first-order valence-electron chi connectivity index (χ1n) is 6.76. The molecule has 0 bridgehead atoms. The van der Waals surface area contributed by atoms with Gasteiger partial charge in [0.2, 0.25) is 5.91 Å². The Morgan fingerprint density at radius 3 is 2.35 bits per heavy atom. The maximum absolute atomic E-state index is 12.5. The van der Waals surface area contributed by atoms with Crippen LogP contribution in [0.2, 0.25) is 0 Å². The number of rotatable bonds is 5. The maximum Gasteiger partial charge on any atom is 0.229 e. The van der Waals surface area contributed by atoms with Crippen LogP contribution in [-0.2, 0) is 4.79 Å². The Balaban J connectivity index is 2.66. The van der Waals surface area contributed by atoms with Crippen molar-refractivity contribution in [2.45, 2.75) is 38.5 Å². The predicted octanol–water partition coefficient (Wildman–Crippen LogP) is 0.963. The molecule has 17 heavy (non-hydrogen) atoms. The first kappa shape index (κ1) is 14.5. The first-order chi connectivity index (χ1) is 8.16.